The van der Waals surface area contributed by atoms with Crippen molar-refractivity contribution in [1.29, 1.82) is 0 Å². The van der Waals surface area contributed by atoms with E-state index in [4.69, 9.17) is 0 Å². The number of carbonyl (C=O) groups is 1. The van der Waals surface area contributed by atoms with Gasteiger partial charge in [-0.3, -0.25) is 9.89 Å². The third kappa shape index (κ3) is 1.51. The number of likely N-dealkylation sites (tertiary alicyclic amines) is 1. The van der Waals surface area contributed by atoms with Crippen LogP contribution in [0.25, 0.3) is 10.2 Å². The van der Waals surface area contributed by atoms with Gasteiger partial charge in [-0.1, -0.05) is 6.07 Å². The molecule has 0 spiro atoms. The van der Waals surface area contributed by atoms with Crippen molar-refractivity contribution in [3.63, 3.8) is 0 Å². The lowest BCUT2D eigenvalue weighted by Crippen LogP contribution is -2.53. The highest BCUT2D eigenvalue weighted by atomic mass is 32.1. The van der Waals surface area contributed by atoms with Gasteiger partial charge < -0.3 is 4.90 Å². The molecule has 0 aromatic carbocycles. The minimum atomic E-state index is -0.0266. The number of H-pyrrole nitrogens is 1. The third-order valence-electron chi connectivity index (χ3n) is 5.27. The first-order chi connectivity index (χ1) is 10.8. The number of aromatic nitrogens is 2. The van der Waals surface area contributed by atoms with E-state index in [0.717, 1.165) is 34.5 Å². The van der Waals surface area contributed by atoms with Crippen LogP contribution in [0.2, 0.25) is 0 Å². The molecular weight excluding hydrogens is 314 g/mol. The van der Waals surface area contributed by atoms with Crippen LogP contribution < -0.4 is 0 Å². The van der Waals surface area contributed by atoms with Crippen LogP contribution in [0.15, 0.2) is 29.8 Å². The number of carbonyl (C=O) groups excluding carboxylic acids is 1. The van der Waals surface area contributed by atoms with Crippen LogP contribution in [0.5, 0.6) is 0 Å². The van der Waals surface area contributed by atoms with Gasteiger partial charge in [-0.25, -0.2) is 0 Å². The van der Waals surface area contributed by atoms with Gasteiger partial charge in [0.1, 0.15) is 4.83 Å². The molecule has 1 N–H and O–H groups in total. The summed E-state index contributed by atoms with van der Waals surface area (Å²) in [5.74, 6) is 0.826. The third-order valence-corrected chi connectivity index (χ3v) is 7.35. The average molecular weight is 329 g/mol. The van der Waals surface area contributed by atoms with E-state index in [1.165, 1.54) is 22.6 Å². The second-order valence-corrected chi connectivity index (χ2v) is 8.15. The fourth-order valence-corrected chi connectivity index (χ4v) is 6.07. The van der Waals surface area contributed by atoms with Gasteiger partial charge >= 0.3 is 0 Å². The fraction of sp³-hybridized carbons (Fsp3) is 0.375. The molecule has 1 amide bonds. The van der Waals surface area contributed by atoms with Crippen LogP contribution in [0.4, 0.5) is 0 Å². The molecule has 0 bridgehead atoms. The molecule has 3 aromatic rings. The molecule has 4 heterocycles. The predicted molar refractivity (Wildman–Crippen MR) is 88.3 cm³/mol. The minimum absolute atomic E-state index is 0.0266. The van der Waals surface area contributed by atoms with Crippen LogP contribution in [-0.4, -0.2) is 27.5 Å². The first-order valence-corrected chi connectivity index (χ1v) is 9.27. The minimum Gasteiger partial charge on any atom is -0.327 e. The second kappa shape index (κ2) is 4.43. The summed E-state index contributed by atoms with van der Waals surface area (Å²) in [6, 6.07) is 6.27. The molecule has 22 heavy (non-hydrogen) atoms. The lowest BCUT2D eigenvalue weighted by atomic mass is 9.66. The quantitative estimate of drug-likeness (QED) is 0.776. The van der Waals surface area contributed by atoms with E-state index in [0.29, 0.717) is 5.92 Å². The van der Waals surface area contributed by atoms with Crippen molar-refractivity contribution < 1.29 is 4.79 Å². The van der Waals surface area contributed by atoms with Crippen molar-refractivity contribution in [3.8, 4) is 0 Å². The SMILES string of the molecule is O=C(c1cc2cn[nH]c2s1)N1CCC2CCC21c1cccs1. The van der Waals surface area contributed by atoms with Gasteiger partial charge in [-0.15, -0.1) is 22.7 Å². The zero-order chi connectivity index (χ0) is 14.7. The Balaban J connectivity index is 1.56. The zero-order valence-electron chi connectivity index (χ0n) is 11.9. The Bertz CT molecular complexity index is 821. The Labute approximate surface area is 135 Å². The highest BCUT2D eigenvalue weighted by Gasteiger charge is 2.58. The highest BCUT2D eigenvalue weighted by Crippen LogP contribution is 2.58. The van der Waals surface area contributed by atoms with Gasteiger partial charge in [0, 0.05) is 16.8 Å². The molecule has 1 saturated carbocycles. The molecule has 5 rings (SSSR count). The van der Waals surface area contributed by atoms with E-state index in [1.54, 1.807) is 17.5 Å². The maximum Gasteiger partial charge on any atom is 0.264 e. The van der Waals surface area contributed by atoms with Crippen molar-refractivity contribution in [2.75, 3.05) is 6.54 Å². The van der Waals surface area contributed by atoms with E-state index < -0.39 is 0 Å². The summed E-state index contributed by atoms with van der Waals surface area (Å²) in [6.45, 7) is 0.880. The molecule has 1 saturated heterocycles. The summed E-state index contributed by atoms with van der Waals surface area (Å²) in [7, 11) is 0. The zero-order valence-corrected chi connectivity index (χ0v) is 13.5. The monoisotopic (exact) mass is 329 g/mol. The Kier molecular flexibility index (Phi) is 2.58. The molecule has 1 aliphatic heterocycles. The molecule has 1 aliphatic carbocycles. The number of aromatic amines is 1. The van der Waals surface area contributed by atoms with Gasteiger partial charge in [0.05, 0.1) is 16.6 Å². The number of thiophene rings is 2. The van der Waals surface area contributed by atoms with Crippen LogP contribution in [-0.2, 0) is 5.54 Å². The van der Waals surface area contributed by atoms with Crippen molar-refractivity contribution in [3.05, 3.63) is 39.5 Å². The Hall–Kier alpha value is -1.66. The van der Waals surface area contributed by atoms with Crippen molar-refractivity contribution in [2.24, 2.45) is 5.92 Å². The average Bonchev–Trinajstić information content (AvgIpc) is 3.21. The first kappa shape index (κ1) is 12.8. The summed E-state index contributed by atoms with van der Waals surface area (Å²) in [5, 5.41) is 10.1. The van der Waals surface area contributed by atoms with E-state index in [2.05, 4.69) is 32.6 Å². The fourth-order valence-electron chi connectivity index (χ4n) is 4.10. The van der Waals surface area contributed by atoms with Crippen LogP contribution in [0.1, 0.15) is 33.8 Å². The molecule has 0 radical (unpaired) electrons. The molecule has 6 heteroatoms. The number of rotatable bonds is 2. The second-order valence-electron chi connectivity index (χ2n) is 6.15. The maximum atomic E-state index is 13.1. The van der Waals surface area contributed by atoms with Crippen molar-refractivity contribution in [2.45, 2.75) is 24.8 Å². The topological polar surface area (TPSA) is 49.0 Å². The summed E-state index contributed by atoms with van der Waals surface area (Å²) in [6.07, 6.45) is 5.27. The Morgan fingerprint density at radius 3 is 3.14 bits per heavy atom. The van der Waals surface area contributed by atoms with E-state index >= 15 is 0 Å². The number of nitrogens with one attached hydrogen (secondary N) is 1. The summed E-state index contributed by atoms with van der Waals surface area (Å²) in [5.41, 5.74) is -0.0266. The number of amides is 1. The van der Waals surface area contributed by atoms with E-state index in [-0.39, 0.29) is 11.4 Å². The molecule has 2 atom stereocenters. The Morgan fingerprint density at radius 2 is 2.41 bits per heavy atom. The smallest absolute Gasteiger partial charge is 0.264 e. The first-order valence-electron chi connectivity index (χ1n) is 7.58. The highest BCUT2D eigenvalue weighted by molar-refractivity contribution is 7.20. The number of nitrogens with zero attached hydrogens (tertiary/aromatic N) is 2. The molecule has 2 fully saturated rings. The summed E-state index contributed by atoms with van der Waals surface area (Å²) < 4.78 is 0. The number of fused-ring (bicyclic) bond motifs is 2. The summed E-state index contributed by atoms with van der Waals surface area (Å²) >= 11 is 3.31. The summed E-state index contributed by atoms with van der Waals surface area (Å²) in [4.78, 5) is 18.4. The van der Waals surface area contributed by atoms with Gasteiger partial charge in [-0.05, 0) is 42.7 Å². The molecule has 2 unspecified atom stereocenters. The predicted octanol–water partition coefficient (Wildman–Crippen LogP) is 3.84. The molecular formula is C16H15N3OS2. The van der Waals surface area contributed by atoms with E-state index in [1.807, 2.05) is 6.07 Å². The van der Waals surface area contributed by atoms with Crippen LogP contribution >= 0.6 is 22.7 Å². The van der Waals surface area contributed by atoms with Crippen molar-refractivity contribution in [1.82, 2.24) is 15.1 Å². The normalized spacial score (nSPS) is 27.1. The standard InChI is InChI=1S/C16H15N3OS2/c20-15(12-8-10-9-17-18-14(10)22-12)19-6-4-11-3-5-16(11,19)13-2-1-7-21-13/h1-2,7-9,11H,3-6H2,(H,17,18). The molecule has 2 aliphatic rings. The number of hydrogen-bond donors (Lipinski definition) is 1. The molecule has 4 nitrogen and oxygen atoms in total. The van der Waals surface area contributed by atoms with Crippen LogP contribution in [0.3, 0.4) is 0 Å². The largest absolute Gasteiger partial charge is 0.327 e. The number of hydrogen-bond acceptors (Lipinski definition) is 4. The van der Waals surface area contributed by atoms with Gasteiger partial charge in [0.2, 0.25) is 0 Å². The van der Waals surface area contributed by atoms with Gasteiger partial charge in [0.15, 0.2) is 0 Å². The lowest BCUT2D eigenvalue weighted by molar-refractivity contribution is 0.0170. The molecule has 112 valence electrons. The van der Waals surface area contributed by atoms with Gasteiger partial charge in [-0.2, -0.15) is 5.10 Å². The Morgan fingerprint density at radius 1 is 1.45 bits per heavy atom. The maximum absolute atomic E-state index is 13.1. The van der Waals surface area contributed by atoms with Gasteiger partial charge in [0.25, 0.3) is 5.91 Å². The van der Waals surface area contributed by atoms with Crippen LogP contribution in [0, 0.1) is 5.92 Å². The van der Waals surface area contributed by atoms with Crippen molar-refractivity contribution >= 4 is 38.8 Å². The molecule has 3 aromatic heterocycles. The lowest BCUT2D eigenvalue weighted by Gasteiger charge is -2.49. The van der Waals surface area contributed by atoms with E-state index in [9.17, 15) is 4.79 Å².